The van der Waals surface area contributed by atoms with Crippen LogP contribution in [0.15, 0.2) is 12.1 Å². The molecule has 0 radical (unpaired) electrons. The molecule has 6 nitrogen and oxygen atoms in total. The Morgan fingerprint density at radius 1 is 1.47 bits per heavy atom. The quantitative estimate of drug-likeness (QED) is 0.678. The second-order valence-electron chi connectivity index (χ2n) is 4.64. The zero-order valence-electron chi connectivity index (χ0n) is 10.8. The minimum absolute atomic E-state index is 0.0200. The van der Waals surface area contributed by atoms with Crippen LogP contribution in [0.25, 0.3) is 0 Å². The number of carboxylic acid groups (broad SMARTS) is 1. The topological polar surface area (TPSA) is 97.5 Å². The van der Waals surface area contributed by atoms with E-state index in [-0.39, 0.29) is 5.69 Å². The van der Waals surface area contributed by atoms with E-state index >= 15 is 0 Å². The highest BCUT2D eigenvalue weighted by Crippen LogP contribution is 2.21. The predicted octanol–water partition coefficient (Wildman–Crippen LogP) is 1.73. The zero-order chi connectivity index (χ0) is 13.7. The van der Waals surface area contributed by atoms with Crippen LogP contribution in [0.4, 0.5) is 11.5 Å². The van der Waals surface area contributed by atoms with Gasteiger partial charge in [-0.2, -0.15) is 0 Å². The average Bonchev–Trinajstić information content (AvgIpc) is 2.89. The number of nitrogen functional groups attached to an aromatic ring is 1. The Hall–Kier alpha value is -1.82. The molecule has 0 spiro atoms. The first-order valence-corrected chi connectivity index (χ1v) is 6.52. The second kappa shape index (κ2) is 6.38. The number of hydrogen-bond acceptors (Lipinski definition) is 5. The van der Waals surface area contributed by atoms with Crippen molar-refractivity contribution in [2.75, 3.05) is 24.2 Å². The summed E-state index contributed by atoms with van der Waals surface area (Å²) >= 11 is 0. The summed E-state index contributed by atoms with van der Waals surface area (Å²) in [4.78, 5) is 14.8. The van der Waals surface area contributed by atoms with Crippen LogP contribution in [-0.4, -0.2) is 35.3 Å². The third kappa shape index (κ3) is 3.82. The van der Waals surface area contributed by atoms with Gasteiger partial charge in [0.25, 0.3) is 0 Å². The van der Waals surface area contributed by atoms with Crippen LogP contribution >= 0.6 is 0 Å². The molecule has 0 aliphatic heterocycles. The van der Waals surface area contributed by atoms with Crippen LogP contribution in [0.5, 0.6) is 0 Å². The number of rotatable bonds is 6. The van der Waals surface area contributed by atoms with E-state index in [0.29, 0.717) is 30.8 Å². The summed E-state index contributed by atoms with van der Waals surface area (Å²) in [6.07, 6.45) is 5.13. The minimum atomic E-state index is -1.06. The lowest BCUT2D eigenvalue weighted by Gasteiger charge is -2.12. The van der Waals surface area contributed by atoms with Gasteiger partial charge in [0.2, 0.25) is 0 Å². The number of nitrogens with two attached hydrogens (primary N) is 1. The van der Waals surface area contributed by atoms with Crippen molar-refractivity contribution in [3.8, 4) is 0 Å². The van der Waals surface area contributed by atoms with Gasteiger partial charge in [0.1, 0.15) is 5.82 Å². The Kier molecular flexibility index (Phi) is 4.57. The van der Waals surface area contributed by atoms with Crippen LogP contribution < -0.4 is 11.1 Å². The number of pyridine rings is 1. The number of aromatic nitrogens is 1. The minimum Gasteiger partial charge on any atom is -0.477 e. The summed E-state index contributed by atoms with van der Waals surface area (Å²) in [5, 5.41) is 11.9. The van der Waals surface area contributed by atoms with Gasteiger partial charge < -0.3 is 20.9 Å². The molecule has 104 valence electrons. The van der Waals surface area contributed by atoms with Gasteiger partial charge in [-0.3, -0.25) is 0 Å². The highest BCUT2D eigenvalue weighted by molar-refractivity contribution is 5.86. The Morgan fingerprint density at radius 2 is 2.21 bits per heavy atom. The maximum atomic E-state index is 10.8. The maximum Gasteiger partial charge on any atom is 0.354 e. The number of aromatic carboxylic acids is 1. The Morgan fingerprint density at radius 3 is 2.89 bits per heavy atom. The van der Waals surface area contributed by atoms with Gasteiger partial charge in [-0.25, -0.2) is 9.78 Å². The van der Waals surface area contributed by atoms with Crippen molar-refractivity contribution >= 4 is 17.5 Å². The van der Waals surface area contributed by atoms with Gasteiger partial charge in [-0.05, 0) is 25.0 Å². The molecule has 1 aromatic heterocycles. The first-order chi connectivity index (χ1) is 9.16. The highest BCUT2D eigenvalue weighted by atomic mass is 16.5. The smallest absolute Gasteiger partial charge is 0.354 e. The normalized spacial score (nSPS) is 15.6. The largest absolute Gasteiger partial charge is 0.477 e. The molecule has 1 saturated carbocycles. The monoisotopic (exact) mass is 265 g/mol. The molecule has 19 heavy (non-hydrogen) atoms. The molecule has 2 rings (SSSR count). The molecule has 0 atom stereocenters. The van der Waals surface area contributed by atoms with Gasteiger partial charge >= 0.3 is 5.97 Å². The van der Waals surface area contributed by atoms with Crippen molar-refractivity contribution in [1.29, 1.82) is 0 Å². The van der Waals surface area contributed by atoms with E-state index in [2.05, 4.69) is 10.3 Å². The number of nitrogens with one attached hydrogen (secondary N) is 1. The van der Waals surface area contributed by atoms with Gasteiger partial charge in [-0.15, -0.1) is 0 Å². The first-order valence-electron chi connectivity index (χ1n) is 6.52. The van der Waals surface area contributed by atoms with E-state index in [1.54, 1.807) is 0 Å². The van der Waals surface area contributed by atoms with E-state index in [4.69, 9.17) is 15.6 Å². The van der Waals surface area contributed by atoms with Gasteiger partial charge in [0.15, 0.2) is 5.69 Å². The summed E-state index contributed by atoms with van der Waals surface area (Å²) in [7, 11) is 0. The number of nitrogens with zero attached hydrogens (tertiary/aromatic N) is 1. The van der Waals surface area contributed by atoms with E-state index in [1.807, 2.05) is 0 Å². The summed E-state index contributed by atoms with van der Waals surface area (Å²) in [5.74, 6) is -0.667. The molecule has 1 heterocycles. The van der Waals surface area contributed by atoms with Gasteiger partial charge in [0.05, 0.1) is 18.4 Å². The predicted molar refractivity (Wildman–Crippen MR) is 72.3 cm³/mol. The molecular weight excluding hydrogens is 246 g/mol. The average molecular weight is 265 g/mol. The number of anilines is 2. The van der Waals surface area contributed by atoms with Crippen molar-refractivity contribution in [2.45, 2.75) is 31.8 Å². The summed E-state index contributed by atoms with van der Waals surface area (Å²) in [6.45, 7) is 1.14. The fourth-order valence-electron chi connectivity index (χ4n) is 2.18. The number of hydrogen-bond donors (Lipinski definition) is 3. The molecule has 1 aromatic rings. The zero-order valence-corrected chi connectivity index (χ0v) is 10.8. The number of carboxylic acids is 1. The third-order valence-corrected chi connectivity index (χ3v) is 3.20. The van der Waals surface area contributed by atoms with Crippen molar-refractivity contribution < 1.29 is 14.6 Å². The summed E-state index contributed by atoms with van der Waals surface area (Å²) < 4.78 is 5.69. The molecule has 0 amide bonds. The SMILES string of the molecule is Nc1ccc(C(=O)O)nc1NCCOC1CCCC1. The van der Waals surface area contributed by atoms with Gasteiger partial charge in [0, 0.05) is 6.54 Å². The lowest BCUT2D eigenvalue weighted by atomic mass is 10.3. The van der Waals surface area contributed by atoms with Crippen molar-refractivity contribution in [3.63, 3.8) is 0 Å². The summed E-state index contributed by atoms with van der Waals surface area (Å²) in [6, 6.07) is 2.93. The number of carbonyl (C=O) groups is 1. The Labute approximate surface area is 112 Å². The maximum absolute atomic E-state index is 10.8. The fraction of sp³-hybridized carbons (Fsp3) is 0.538. The summed E-state index contributed by atoms with van der Waals surface area (Å²) in [5.41, 5.74) is 6.15. The lowest BCUT2D eigenvalue weighted by Crippen LogP contribution is -2.17. The molecule has 0 unspecified atom stereocenters. The molecule has 0 bridgehead atoms. The standard InChI is InChI=1S/C13H19N3O3/c14-10-5-6-11(13(17)18)16-12(10)15-7-8-19-9-3-1-2-4-9/h5-6,9H,1-4,7-8,14H2,(H,15,16)(H,17,18). The van der Waals surface area contributed by atoms with E-state index in [0.717, 1.165) is 12.8 Å². The third-order valence-electron chi connectivity index (χ3n) is 3.20. The molecule has 6 heteroatoms. The first kappa shape index (κ1) is 13.6. The Bertz CT molecular complexity index is 445. The number of ether oxygens (including phenoxy) is 1. The highest BCUT2D eigenvalue weighted by Gasteiger charge is 2.15. The van der Waals surface area contributed by atoms with E-state index in [9.17, 15) is 4.79 Å². The molecule has 0 saturated heterocycles. The molecule has 4 N–H and O–H groups in total. The van der Waals surface area contributed by atoms with E-state index in [1.165, 1.54) is 25.0 Å². The lowest BCUT2D eigenvalue weighted by molar-refractivity contribution is 0.0659. The van der Waals surface area contributed by atoms with Crippen LogP contribution in [0.1, 0.15) is 36.2 Å². The molecular formula is C13H19N3O3. The van der Waals surface area contributed by atoms with Crippen molar-refractivity contribution in [3.05, 3.63) is 17.8 Å². The molecule has 1 aliphatic carbocycles. The molecule has 0 aromatic carbocycles. The fourth-order valence-corrected chi connectivity index (χ4v) is 2.18. The van der Waals surface area contributed by atoms with Gasteiger partial charge in [-0.1, -0.05) is 12.8 Å². The Balaban J connectivity index is 1.81. The van der Waals surface area contributed by atoms with Crippen LogP contribution in [0, 0.1) is 0 Å². The second-order valence-corrected chi connectivity index (χ2v) is 4.64. The van der Waals surface area contributed by atoms with Crippen LogP contribution in [-0.2, 0) is 4.74 Å². The van der Waals surface area contributed by atoms with Crippen molar-refractivity contribution in [2.24, 2.45) is 0 Å². The van der Waals surface area contributed by atoms with Crippen LogP contribution in [0.3, 0.4) is 0 Å². The molecule has 1 fully saturated rings. The van der Waals surface area contributed by atoms with Crippen molar-refractivity contribution in [1.82, 2.24) is 4.98 Å². The van der Waals surface area contributed by atoms with Crippen LogP contribution in [0.2, 0.25) is 0 Å². The molecule has 1 aliphatic rings. The van der Waals surface area contributed by atoms with E-state index < -0.39 is 5.97 Å².